The molecule has 7 nitrogen and oxygen atoms in total. The van der Waals surface area contributed by atoms with Crippen LogP contribution in [0.4, 0.5) is 0 Å². The van der Waals surface area contributed by atoms with Crippen LogP contribution in [0, 0.1) is 17.8 Å². The zero-order chi connectivity index (χ0) is 25.2. The first kappa shape index (κ1) is 23.7. The number of imide groups is 1. The summed E-state index contributed by atoms with van der Waals surface area (Å²) in [6.45, 7) is 3.93. The van der Waals surface area contributed by atoms with Gasteiger partial charge in [0.25, 0.3) is 0 Å². The third-order valence-corrected chi connectivity index (χ3v) is 8.31. The highest BCUT2D eigenvalue weighted by Gasteiger charge is 2.56. The van der Waals surface area contributed by atoms with Crippen molar-refractivity contribution in [1.29, 1.82) is 0 Å². The van der Waals surface area contributed by atoms with Gasteiger partial charge in [-0.05, 0) is 71.8 Å². The van der Waals surface area contributed by atoms with Crippen LogP contribution in [0.5, 0.6) is 11.5 Å². The Morgan fingerprint density at radius 2 is 1.89 bits per heavy atom. The summed E-state index contributed by atoms with van der Waals surface area (Å²) in [6.07, 6.45) is 4.70. The third-order valence-electron chi connectivity index (χ3n) is 7.70. The van der Waals surface area contributed by atoms with Gasteiger partial charge in [0.15, 0.2) is 23.1 Å². The first-order valence-electron chi connectivity index (χ1n) is 11.8. The Labute approximate surface area is 211 Å². The van der Waals surface area contributed by atoms with E-state index in [9.17, 15) is 24.3 Å². The number of Topliss-reactive ketones (excluding diaryl/α,β-unsaturated/α-hetero) is 1. The van der Waals surface area contributed by atoms with Gasteiger partial charge in [0, 0.05) is 29.2 Å². The number of methoxy groups -OCH3 is 1. The number of ketones is 2. The number of hydrogen-bond acceptors (Lipinski definition) is 6. The van der Waals surface area contributed by atoms with Gasteiger partial charge in [-0.25, -0.2) is 0 Å². The van der Waals surface area contributed by atoms with E-state index in [2.05, 4.69) is 15.9 Å². The number of allylic oxidation sites excluding steroid dienone is 6. The topological polar surface area (TPSA) is 101 Å². The number of phenolic OH excluding ortho intramolecular Hbond substituents is 1. The van der Waals surface area contributed by atoms with Gasteiger partial charge in [-0.3, -0.25) is 24.1 Å². The summed E-state index contributed by atoms with van der Waals surface area (Å²) in [7, 11) is 1.44. The number of phenols is 1. The van der Waals surface area contributed by atoms with Crippen LogP contribution in [0.2, 0.25) is 0 Å². The lowest BCUT2D eigenvalue weighted by Gasteiger charge is -2.42. The lowest BCUT2D eigenvalue weighted by atomic mass is 9.59. The van der Waals surface area contributed by atoms with Crippen LogP contribution in [-0.4, -0.2) is 47.0 Å². The lowest BCUT2D eigenvalue weighted by molar-refractivity contribution is -0.140. The summed E-state index contributed by atoms with van der Waals surface area (Å²) in [4.78, 5) is 54.4. The summed E-state index contributed by atoms with van der Waals surface area (Å²) < 4.78 is 5.75. The molecule has 0 saturated carbocycles. The van der Waals surface area contributed by atoms with Gasteiger partial charge in [-0.2, -0.15) is 0 Å². The van der Waals surface area contributed by atoms with Crippen LogP contribution < -0.4 is 4.74 Å². The van der Waals surface area contributed by atoms with Crippen LogP contribution in [0.25, 0.3) is 0 Å². The molecule has 1 aromatic carbocycles. The van der Waals surface area contributed by atoms with Gasteiger partial charge >= 0.3 is 0 Å². The van der Waals surface area contributed by atoms with Gasteiger partial charge in [0.2, 0.25) is 11.8 Å². The fourth-order valence-electron chi connectivity index (χ4n) is 6.19. The second-order valence-electron chi connectivity index (χ2n) is 9.61. The molecule has 1 aromatic rings. The standard InChI is InChI=1S/C27H26BrNO6/c1-4-7-29-26(33)15-6-5-14-16(22(15)27(29)34)11-17-23(19(30)8-12(2)24(17)31)21(14)13-9-18(28)25(32)20(10-13)35-3/h5,8-10,15-16,21-22,32H,4,6-7,11H2,1-3H3/t15-,16+,21-,22-/m0/s1. The molecule has 1 heterocycles. The van der Waals surface area contributed by atoms with Crippen molar-refractivity contribution in [3.63, 3.8) is 0 Å². The van der Waals surface area contributed by atoms with Crippen molar-refractivity contribution in [2.45, 2.75) is 39.0 Å². The van der Waals surface area contributed by atoms with Crippen LogP contribution >= 0.6 is 15.9 Å². The summed E-state index contributed by atoms with van der Waals surface area (Å²) in [5, 5.41) is 10.4. The molecule has 0 radical (unpaired) electrons. The molecular weight excluding hydrogens is 514 g/mol. The van der Waals surface area contributed by atoms with E-state index in [-0.39, 0.29) is 47.2 Å². The minimum absolute atomic E-state index is 0.0657. The molecular formula is C27H26BrNO6. The molecule has 1 fully saturated rings. The molecule has 1 aliphatic heterocycles. The molecule has 1 saturated heterocycles. The Morgan fingerprint density at radius 1 is 1.14 bits per heavy atom. The molecule has 8 heteroatoms. The molecule has 35 heavy (non-hydrogen) atoms. The first-order valence-corrected chi connectivity index (χ1v) is 12.6. The smallest absolute Gasteiger partial charge is 0.233 e. The fraction of sp³-hybridized carbons (Fsp3) is 0.407. The Bertz CT molecular complexity index is 1290. The van der Waals surface area contributed by atoms with E-state index in [1.165, 1.54) is 18.1 Å². The van der Waals surface area contributed by atoms with Gasteiger partial charge in [-0.1, -0.05) is 18.6 Å². The van der Waals surface area contributed by atoms with Crippen LogP contribution in [0.1, 0.15) is 44.6 Å². The molecule has 4 atom stereocenters. The van der Waals surface area contributed by atoms with Crippen molar-refractivity contribution in [3.05, 3.63) is 56.6 Å². The Balaban J connectivity index is 1.70. The zero-order valence-electron chi connectivity index (χ0n) is 19.8. The maximum atomic E-state index is 13.4. The highest BCUT2D eigenvalue weighted by molar-refractivity contribution is 9.10. The van der Waals surface area contributed by atoms with Crippen molar-refractivity contribution in [3.8, 4) is 11.5 Å². The predicted octanol–water partition coefficient (Wildman–Crippen LogP) is 4.00. The van der Waals surface area contributed by atoms with Crippen LogP contribution in [-0.2, 0) is 19.2 Å². The average Bonchev–Trinajstić information content (AvgIpc) is 3.08. The van der Waals surface area contributed by atoms with Gasteiger partial charge in [0.05, 0.1) is 23.4 Å². The van der Waals surface area contributed by atoms with E-state index in [0.29, 0.717) is 46.1 Å². The van der Waals surface area contributed by atoms with Crippen LogP contribution in [0.3, 0.4) is 0 Å². The number of carbonyl (C=O) groups is 4. The van der Waals surface area contributed by atoms with E-state index in [4.69, 9.17) is 4.74 Å². The van der Waals surface area contributed by atoms with Gasteiger partial charge < -0.3 is 9.84 Å². The number of carbonyl (C=O) groups excluding carboxylic acids is 4. The minimum Gasteiger partial charge on any atom is -0.503 e. The maximum absolute atomic E-state index is 13.4. The number of rotatable bonds is 4. The summed E-state index contributed by atoms with van der Waals surface area (Å²) in [5.41, 5.74) is 2.74. The molecule has 0 aromatic heterocycles. The number of likely N-dealkylation sites (tertiary alicyclic amines) is 1. The Morgan fingerprint density at radius 3 is 2.57 bits per heavy atom. The van der Waals surface area contributed by atoms with E-state index in [1.807, 2.05) is 13.0 Å². The van der Waals surface area contributed by atoms with E-state index in [0.717, 1.165) is 5.57 Å². The zero-order valence-corrected chi connectivity index (χ0v) is 21.3. The van der Waals surface area contributed by atoms with Crippen molar-refractivity contribution in [2.24, 2.45) is 17.8 Å². The summed E-state index contributed by atoms with van der Waals surface area (Å²) in [6, 6.07) is 3.38. The third kappa shape index (κ3) is 3.44. The molecule has 0 bridgehead atoms. The van der Waals surface area contributed by atoms with Crippen molar-refractivity contribution in [1.82, 2.24) is 4.90 Å². The van der Waals surface area contributed by atoms with E-state index in [1.54, 1.807) is 19.1 Å². The molecule has 1 N–H and O–H groups in total. The van der Waals surface area contributed by atoms with Gasteiger partial charge in [-0.15, -0.1) is 0 Å². The molecule has 2 amide bonds. The normalized spacial score (nSPS) is 27.9. The highest BCUT2D eigenvalue weighted by atomic mass is 79.9. The lowest BCUT2D eigenvalue weighted by Crippen LogP contribution is -2.39. The number of halogens is 1. The van der Waals surface area contributed by atoms with Crippen LogP contribution in [0.15, 0.2) is 51.0 Å². The Hall–Kier alpha value is -3.00. The molecule has 4 aliphatic rings. The summed E-state index contributed by atoms with van der Waals surface area (Å²) in [5.74, 6) is -2.54. The number of hydrogen-bond donors (Lipinski definition) is 1. The second-order valence-corrected chi connectivity index (χ2v) is 10.5. The Kier molecular flexibility index (Phi) is 5.82. The first-order chi connectivity index (χ1) is 16.7. The highest BCUT2D eigenvalue weighted by Crippen LogP contribution is 2.56. The quantitative estimate of drug-likeness (QED) is 0.352. The van der Waals surface area contributed by atoms with Gasteiger partial charge in [0.1, 0.15) is 0 Å². The van der Waals surface area contributed by atoms with E-state index < -0.39 is 17.8 Å². The number of amides is 2. The largest absolute Gasteiger partial charge is 0.503 e. The molecule has 5 rings (SSSR count). The molecule has 0 spiro atoms. The maximum Gasteiger partial charge on any atom is 0.233 e. The van der Waals surface area contributed by atoms with Crippen molar-refractivity contribution >= 4 is 39.3 Å². The summed E-state index contributed by atoms with van der Waals surface area (Å²) >= 11 is 3.37. The molecule has 182 valence electrons. The number of benzene rings is 1. The number of aromatic hydroxyl groups is 1. The number of ether oxygens (including phenoxy) is 1. The van der Waals surface area contributed by atoms with E-state index >= 15 is 0 Å². The van der Waals surface area contributed by atoms with Crippen molar-refractivity contribution < 1.29 is 29.0 Å². The monoisotopic (exact) mass is 539 g/mol. The predicted molar refractivity (Wildman–Crippen MR) is 131 cm³/mol. The minimum atomic E-state index is -0.584. The second kappa shape index (κ2) is 8.59. The molecule has 0 unspecified atom stereocenters. The van der Waals surface area contributed by atoms with Crippen molar-refractivity contribution in [2.75, 3.05) is 13.7 Å². The molecule has 3 aliphatic carbocycles. The SMILES string of the molecule is CCCN1C(=O)[C@H]2[C@H](CC=C3[C@H](c4cc(Br)c(O)c(OC)c4)C4=C(C[C@H]32)C(=O)C(C)=CC4=O)C1=O. The average molecular weight is 540 g/mol. The number of fused-ring (bicyclic) bond motifs is 3. The fourth-order valence-corrected chi connectivity index (χ4v) is 6.65. The number of nitrogens with zero attached hydrogens (tertiary/aromatic N) is 1.